The van der Waals surface area contributed by atoms with Crippen molar-refractivity contribution in [1.82, 2.24) is 15.2 Å². The number of para-hydroxylation sites is 2. The monoisotopic (exact) mass is 367 g/mol. The molecule has 4 atom stereocenters. The van der Waals surface area contributed by atoms with E-state index in [9.17, 15) is 9.59 Å². The van der Waals surface area contributed by atoms with E-state index in [0.717, 1.165) is 11.9 Å². The molecule has 2 saturated heterocycles. The normalized spacial score (nSPS) is 31.1. The molecule has 1 aromatic carbocycles. The van der Waals surface area contributed by atoms with Gasteiger partial charge in [-0.05, 0) is 18.6 Å². The number of likely N-dealkylation sites (tertiary alicyclic amines) is 1. The van der Waals surface area contributed by atoms with E-state index < -0.39 is 17.4 Å². The zero-order valence-electron chi connectivity index (χ0n) is 15.1. The Balaban J connectivity index is 1.33. The molecule has 3 aliphatic rings. The van der Waals surface area contributed by atoms with Gasteiger partial charge in [-0.3, -0.25) is 9.59 Å². The van der Waals surface area contributed by atoms with Gasteiger partial charge in [-0.2, -0.15) is 0 Å². The van der Waals surface area contributed by atoms with Crippen LogP contribution in [0, 0.1) is 11.8 Å². The molecule has 0 radical (unpaired) electrons. The number of aromatic nitrogens is 1. The number of amides is 2. The van der Waals surface area contributed by atoms with Crippen LogP contribution >= 0.6 is 0 Å². The Bertz CT molecular complexity index is 919. The highest BCUT2D eigenvalue weighted by atomic mass is 16.5. The molecule has 7 nitrogen and oxygen atoms in total. The Kier molecular flexibility index (Phi) is 3.62. The van der Waals surface area contributed by atoms with Crippen LogP contribution < -0.4 is 5.32 Å². The molecule has 2 aromatic rings. The zero-order valence-corrected chi connectivity index (χ0v) is 15.1. The van der Waals surface area contributed by atoms with Crippen molar-refractivity contribution in [2.75, 3.05) is 13.1 Å². The molecule has 3 aliphatic heterocycles. The minimum atomic E-state index is -0.642. The second kappa shape index (κ2) is 5.92. The predicted molar refractivity (Wildman–Crippen MR) is 96.5 cm³/mol. The van der Waals surface area contributed by atoms with Gasteiger partial charge in [-0.15, -0.1) is 0 Å². The molecule has 4 heterocycles. The minimum Gasteiger partial charge on any atom is -0.439 e. The number of carbonyl (C=O) groups excluding carboxylic acids is 2. The summed E-state index contributed by atoms with van der Waals surface area (Å²) in [6.07, 6.45) is 4.44. The van der Waals surface area contributed by atoms with E-state index in [1.165, 1.54) is 0 Å². The van der Waals surface area contributed by atoms with Gasteiger partial charge < -0.3 is 19.4 Å². The lowest BCUT2D eigenvalue weighted by atomic mass is 9.77. The first kappa shape index (κ1) is 16.5. The quantitative estimate of drug-likeness (QED) is 0.812. The summed E-state index contributed by atoms with van der Waals surface area (Å²) in [5.41, 5.74) is 0.803. The Morgan fingerprint density at radius 3 is 3.07 bits per heavy atom. The fraction of sp³-hybridized carbons (Fsp3) is 0.450. The van der Waals surface area contributed by atoms with E-state index in [1.54, 1.807) is 0 Å². The van der Waals surface area contributed by atoms with Gasteiger partial charge in [0.2, 0.25) is 17.7 Å². The van der Waals surface area contributed by atoms with E-state index in [2.05, 4.69) is 10.3 Å². The highest BCUT2D eigenvalue weighted by Gasteiger charge is 2.66. The molecule has 5 rings (SSSR count). The van der Waals surface area contributed by atoms with E-state index in [-0.39, 0.29) is 24.5 Å². The van der Waals surface area contributed by atoms with Gasteiger partial charge in [-0.25, -0.2) is 4.98 Å². The molecule has 3 unspecified atom stereocenters. The van der Waals surface area contributed by atoms with Crippen LogP contribution in [0.1, 0.15) is 19.2 Å². The van der Waals surface area contributed by atoms with Crippen LogP contribution in [-0.2, 0) is 20.9 Å². The van der Waals surface area contributed by atoms with E-state index in [0.29, 0.717) is 24.6 Å². The molecule has 1 spiro atoms. The largest absolute Gasteiger partial charge is 0.439 e. The molecule has 0 saturated carbocycles. The summed E-state index contributed by atoms with van der Waals surface area (Å²) < 4.78 is 11.7. The summed E-state index contributed by atoms with van der Waals surface area (Å²) in [6.45, 7) is 3.45. The molecule has 2 amide bonds. The van der Waals surface area contributed by atoms with Gasteiger partial charge in [-0.1, -0.05) is 31.2 Å². The molecule has 140 valence electrons. The maximum absolute atomic E-state index is 12.9. The van der Waals surface area contributed by atoms with Crippen molar-refractivity contribution in [2.24, 2.45) is 11.8 Å². The average molecular weight is 367 g/mol. The average Bonchev–Trinajstić information content (AvgIpc) is 3.39. The molecule has 0 aliphatic carbocycles. The van der Waals surface area contributed by atoms with Crippen molar-refractivity contribution in [1.29, 1.82) is 0 Å². The van der Waals surface area contributed by atoms with Crippen molar-refractivity contribution < 1.29 is 18.7 Å². The molecule has 2 fully saturated rings. The lowest BCUT2D eigenvalue weighted by Gasteiger charge is -2.23. The summed E-state index contributed by atoms with van der Waals surface area (Å²) in [4.78, 5) is 32.0. The Hall–Kier alpha value is -2.67. The Labute approximate surface area is 156 Å². The van der Waals surface area contributed by atoms with Crippen molar-refractivity contribution in [3.8, 4) is 0 Å². The van der Waals surface area contributed by atoms with Crippen LogP contribution in [0.3, 0.4) is 0 Å². The molecule has 7 heteroatoms. The van der Waals surface area contributed by atoms with Crippen LogP contribution in [0.15, 0.2) is 40.8 Å². The number of hydrogen-bond acceptors (Lipinski definition) is 5. The molecular weight excluding hydrogens is 346 g/mol. The SMILES string of the molecule is CCCN1C[C@]23C=CC(O2)C(C(=O)NCc2nc4ccccc4o2)C3C1=O. The second-order valence-corrected chi connectivity index (χ2v) is 7.45. The summed E-state index contributed by atoms with van der Waals surface area (Å²) in [6, 6.07) is 7.47. The molecule has 1 N–H and O–H groups in total. The highest BCUT2D eigenvalue weighted by molar-refractivity contribution is 5.93. The number of hydrogen-bond donors (Lipinski definition) is 1. The Morgan fingerprint density at radius 2 is 2.26 bits per heavy atom. The number of nitrogens with zero attached hydrogens (tertiary/aromatic N) is 2. The molecule has 2 bridgehead atoms. The fourth-order valence-electron chi connectivity index (χ4n) is 4.61. The number of benzene rings is 1. The zero-order chi connectivity index (χ0) is 18.6. The minimum absolute atomic E-state index is 0.0192. The number of nitrogens with one attached hydrogen (secondary N) is 1. The summed E-state index contributed by atoms with van der Waals surface area (Å²) in [5.74, 6) is -0.670. The summed E-state index contributed by atoms with van der Waals surface area (Å²) in [7, 11) is 0. The van der Waals surface area contributed by atoms with Crippen LogP contribution in [0.4, 0.5) is 0 Å². The summed E-state index contributed by atoms with van der Waals surface area (Å²) in [5, 5.41) is 2.88. The van der Waals surface area contributed by atoms with Crippen LogP contribution in [0.25, 0.3) is 11.1 Å². The topological polar surface area (TPSA) is 84.7 Å². The maximum Gasteiger partial charge on any atom is 0.230 e. The van der Waals surface area contributed by atoms with E-state index in [4.69, 9.17) is 9.15 Å². The van der Waals surface area contributed by atoms with Gasteiger partial charge in [0.15, 0.2) is 5.58 Å². The number of rotatable bonds is 5. The fourth-order valence-corrected chi connectivity index (χ4v) is 4.61. The van der Waals surface area contributed by atoms with Crippen LogP contribution in [-0.4, -0.2) is 46.5 Å². The second-order valence-electron chi connectivity index (χ2n) is 7.45. The number of carbonyl (C=O) groups is 2. The van der Waals surface area contributed by atoms with Gasteiger partial charge in [0.1, 0.15) is 11.1 Å². The predicted octanol–water partition coefficient (Wildman–Crippen LogP) is 1.64. The maximum atomic E-state index is 12.9. The smallest absolute Gasteiger partial charge is 0.230 e. The first-order valence-corrected chi connectivity index (χ1v) is 9.39. The van der Waals surface area contributed by atoms with Gasteiger partial charge in [0, 0.05) is 6.54 Å². The third-order valence-corrected chi connectivity index (χ3v) is 5.73. The van der Waals surface area contributed by atoms with Gasteiger partial charge >= 0.3 is 0 Å². The number of oxazole rings is 1. The first-order chi connectivity index (χ1) is 13.1. The van der Waals surface area contributed by atoms with Crippen molar-refractivity contribution in [2.45, 2.75) is 31.6 Å². The number of fused-ring (bicyclic) bond motifs is 2. The highest BCUT2D eigenvalue weighted by Crippen LogP contribution is 2.51. The molecular formula is C20H21N3O4. The van der Waals surface area contributed by atoms with Crippen LogP contribution in [0.2, 0.25) is 0 Å². The van der Waals surface area contributed by atoms with E-state index >= 15 is 0 Å². The third kappa shape index (κ3) is 2.41. The molecule has 1 aromatic heterocycles. The molecule has 27 heavy (non-hydrogen) atoms. The van der Waals surface area contributed by atoms with E-state index in [1.807, 2.05) is 48.2 Å². The number of ether oxygens (including phenoxy) is 1. The first-order valence-electron chi connectivity index (χ1n) is 9.39. The van der Waals surface area contributed by atoms with Crippen molar-refractivity contribution in [3.05, 3.63) is 42.3 Å². The van der Waals surface area contributed by atoms with Crippen molar-refractivity contribution >= 4 is 22.9 Å². The Morgan fingerprint density at radius 1 is 1.41 bits per heavy atom. The standard InChI is InChI=1S/C20H21N3O4/c1-2-9-23-11-20-8-7-14(27-20)16(17(20)19(23)25)18(24)21-10-15-22-12-5-3-4-6-13(12)26-15/h3-8,14,16-17H,2,9-11H2,1H3,(H,21,24)/t14?,16?,17?,20-/m0/s1. The lowest BCUT2D eigenvalue weighted by molar-refractivity contribution is -0.137. The summed E-state index contributed by atoms with van der Waals surface area (Å²) >= 11 is 0. The third-order valence-electron chi connectivity index (χ3n) is 5.73. The lowest BCUT2D eigenvalue weighted by Crippen LogP contribution is -2.44. The van der Waals surface area contributed by atoms with Crippen LogP contribution in [0.5, 0.6) is 0 Å². The van der Waals surface area contributed by atoms with Crippen molar-refractivity contribution in [3.63, 3.8) is 0 Å². The van der Waals surface area contributed by atoms with Gasteiger partial charge in [0.05, 0.1) is 31.0 Å². The van der Waals surface area contributed by atoms with Gasteiger partial charge in [0.25, 0.3) is 0 Å².